The van der Waals surface area contributed by atoms with Crippen LogP contribution in [0, 0.1) is 0 Å². The predicted octanol–water partition coefficient (Wildman–Crippen LogP) is 18.6. The molecule has 0 aliphatic rings. The van der Waals surface area contributed by atoms with Crippen molar-refractivity contribution < 1.29 is 24.2 Å². The third kappa shape index (κ3) is 53.6. The lowest BCUT2D eigenvalue weighted by molar-refractivity contribution is -0.161. The highest BCUT2D eigenvalue weighted by atomic mass is 16.6. The summed E-state index contributed by atoms with van der Waals surface area (Å²) in [5.41, 5.74) is 0. The molecule has 0 aliphatic carbocycles. The van der Waals surface area contributed by atoms with E-state index in [1.54, 1.807) is 0 Å². The molecule has 0 amide bonds. The maximum absolute atomic E-state index is 12.3. The summed E-state index contributed by atoms with van der Waals surface area (Å²) in [6, 6.07) is 0. The van der Waals surface area contributed by atoms with Crippen LogP contribution >= 0.6 is 0 Å². The maximum Gasteiger partial charge on any atom is 0.306 e. The van der Waals surface area contributed by atoms with Crippen molar-refractivity contribution in [2.45, 2.75) is 270 Å². The molecule has 374 valence electrons. The molecule has 1 unspecified atom stereocenters. The fourth-order valence-corrected chi connectivity index (χ4v) is 7.83. The van der Waals surface area contributed by atoms with Crippen LogP contribution < -0.4 is 0 Å². The number of hydrogen-bond donors (Lipinski definition) is 1. The van der Waals surface area contributed by atoms with Crippen molar-refractivity contribution in [1.82, 2.24) is 0 Å². The average molecular weight is 905 g/mol. The Morgan fingerprint density at radius 3 is 1.00 bits per heavy atom. The van der Waals surface area contributed by atoms with E-state index in [9.17, 15) is 14.7 Å². The summed E-state index contributed by atoms with van der Waals surface area (Å²) in [5.74, 6) is -0.607. The Hall–Kier alpha value is -2.92. The lowest BCUT2D eigenvalue weighted by Crippen LogP contribution is -2.28. The standard InChI is InChI=1S/C60H104O5/c1-3-5-7-9-11-13-15-17-19-21-23-25-27-29-30-31-33-35-37-39-41-43-45-47-49-51-53-55-60(63)65-58(56-61)57-64-59(62)54-52-50-48-46-44-42-40-38-36-34-32-28-26-24-22-20-18-16-14-12-10-8-6-4-2/h5,7,11,13,17,19,23,25,29-30,33,35,39,41,58,61H,3-4,6,8-10,12,14-16,18,20-22,24,26-28,31-32,34,36-38,40,42-57H2,1-2H3/b7-5-,13-11-,19-17-,25-23-,30-29-,35-33-,41-39-. The minimum atomic E-state index is -0.787. The van der Waals surface area contributed by atoms with Crippen LogP contribution in [0.5, 0.6) is 0 Å². The molecule has 1 atom stereocenters. The van der Waals surface area contributed by atoms with Gasteiger partial charge in [-0.1, -0.05) is 266 Å². The summed E-state index contributed by atoms with van der Waals surface area (Å²) < 4.78 is 10.7. The van der Waals surface area contributed by atoms with E-state index < -0.39 is 6.10 Å². The molecule has 0 radical (unpaired) electrons. The first kappa shape index (κ1) is 62.1. The number of hydrogen-bond acceptors (Lipinski definition) is 5. The van der Waals surface area contributed by atoms with E-state index >= 15 is 0 Å². The van der Waals surface area contributed by atoms with Gasteiger partial charge in [0.25, 0.3) is 0 Å². The van der Waals surface area contributed by atoms with E-state index in [4.69, 9.17) is 9.47 Å². The zero-order valence-corrected chi connectivity index (χ0v) is 42.7. The zero-order valence-electron chi connectivity index (χ0n) is 42.7. The van der Waals surface area contributed by atoms with Crippen molar-refractivity contribution in [3.05, 3.63) is 85.1 Å². The van der Waals surface area contributed by atoms with Crippen molar-refractivity contribution in [3.8, 4) is 0 Å². The highest BCUT2D eigenvalue weighted by molar-refractivity contribution is 5.70. The molecule has 5 heteroatoms. The van der Waals surface area contributed by atoms with Gasteiger partial charge < -0.3 is 14.6 Å². The zero-order chi connectivity index (χ0) is 47.0. The Morgan fingerprint density at radius 2 is 0.662 bits per heavy atom. The van der Waals surface area contributed by atoms with E-state index in [0.29, 0.717) is 12.8 Å². The van der Waals surface area contributed by atoms with E-state index in [0.717, 1.165) is 103 Å². The molecule has 0 aromatic carbocycles. The Bertz CT molecular complexity index is 1210. The third-order valence-corrected chi connectivity index (χ3v) is 12.0. The molecule has 5 nitrogen and oxygen atoms in total. The van der Waals surface area contributed by atoms with Gasteiger partial charge in [0, 0.05) is 12.8 Å². The molecule has 0 aromatic heterocycles. The Labute approximate surface area is 403 Å². The first-order valence-corrected chi connectivity index (χ1v) is 27.6. The van der Waals surface area contributed by atoms with E-state index in [-0.39, 0.29) is 25.2 Å². The van der Waals surface area contributed by atoms with Gasteiger partial charge in [0.1, 0.15) is 6.61 Å². The number of allylic oxidation sites excluding steroid dienone is 14. The van der Waals surface area contributed by atoms with Gasteiger partial charge in [0.05, 0.1) is 6.61 Å². The van der Waals surface area contributed by atoms with Crippen LogP contribution in [0.1, 0.15) is 264 Å². The van der Waals surface area contributed by atoms with Gasteiger partial charge in [-0.3, -0.25) is 9.59 Å². The summed E-state index contributed by atoms with van der Waals surface area (Å²) >= 11 is 0. The number of aliphatic hydroxyl groups is 1. The highest BCUT2D eigenvalue weighted by Crippen LogP contribution is 2.16. The SMILES string of the molecule is CC/C=C\C/C=C\C/C=C\C/C=C\C/C=C\C/C=C\C/C=C\CCCCCCCC(=O)OC(CO)COC(=O)CCCCCCCCCCCCCCCCCCCCCCCCCC. The van der Waals surface area contributed by atoms with Gasteiger partial charge in [-0.25, -0.2) is 0 Å². The maximum atomic E-state index is 12.3. The molecular formula is C60H104O5. The second-order valence-corrected chi connectivity index (χ2v) is 18.3. The number of rotatable bonds is 50. The summed E-state index contributed by atoms with van der Waals surface area (Å²) in [4.78, 5) is 24.5. The van der Waals surface area contributed by atoms with E-state index in [1.165, 1.54) is 135 Å². The largest absolute Gasteiger partial charge is 0.462 e. The monoisotopic (exact) mass is 905 g/mol. The van der Waals surface area contributed by atoms with Crippen LogP contribution in [0.3, 0.4) is 0 Å². The summed E-state index contributed by atoms with van der Waals surface area (Å²) in [5, 5.41) is 9.65. The van der Waals surface area contributed by atoms with Crippen molar-refractivity contribution in [1.29, 1.82) is 0 Å². The fourth-order valence-electron chi connectivity index (χ4n) is 7.83. The smallest absolute Gasteiger partial charge is 0.306 e. The first-order valence-electron chi connectivity index (χ1n) is 27.6. The lowest BCUT2D eigenvalue weighted by atomic mass is 10.0. The number of ether oxygens (including phenoxy) is 2. The van der Waals surface area contributed by atoms with Crippen LogP contribution in [0.2, 0.25) is 0 Å². The number of carbonyl (C=O) groups excluding carboxylic acids is 2. The molecule has 0 rings (SSSR count). The number of aliphatic hydroxyl groups excluding tert-OH is 1. The van der Waals surface area contributed by atoms with Gasteiger partial charge in [-0.2, -0.15) is 0 Å². The van der Waals surface area contributed by atoms with Gasteiger partial charge in [-0.15, -0.1) is 0 Å². The van der Waals surface area contributed by atoms with Crippen molar-refractivity contribution in [2.24, 2.45) is 0 Å². The van der Waals surface area contributed by atoms with E-state index in [1.807, 2.05) is 0 Å². The molecule has 1 N–H and O–H groups in total. The number of carbonyl (C=O) groups is 2. The van der Waals surface area contributed by atoms with Crippen LogP contribution in [0.15, 0.2) is 85.1 Å². The minimum Gasteiger partial charge on any atom is -0.462 e. The molecule has 0 aromatic rings. The summed E-state index contributed by atoms with van der Waals surface area (Å²) in [6.07, 6.45) is 76.9. The molecule has 0 aliphatic heterocycles. The summed E-state index contributed by atoms with van der Waals surface area (Å²) in [7, 11) is 0. The quantitative estimate of drug-likeness (QED) is 0.0374. The van der Waals surface area contributed by atoms with Gasteiger partial charge in [0.2, 0.25) is 0 Å². The minimum absolute atomic E-state index is 0.0753. The second-order valence-electron chi connectivity index (χ2n) is 18.3. The van der Waals surface area contributed by atoms with Crippen molar-refractivity contribution in [2.75, 3.05) is 13.2 Å². The van der Waals surface area contributed by atoms with Gasteiger partial charge in [-0.05, 0) is 70.6 Å². The highest BCUT2D eigenvalue weighted by Gasteiger charge is 2.16. The number of unbranched alkanes of at least 4 members (excludes halogenated alkanes) is 28. The lowest BCUT2D eigenvalue weighted by Gasteiger charge is -2.15. The average Bonchev–Trinajstić information content (AvgIpc) is 3.31. The van der Waals surface area contributed by atoms with E-state index in [2.05, 4.69) is 98.9 Å². The van der Waals surface area contributed by atoms with Crippen LogP contribution in [-0.2, 0) is 19.1 Å². The first-order chi connectivity index (χ1) is 32.1. The summed E-state index contributed by atoms with van der Waals surface area (Å²) in [6.45, 7) is 4.04. The molecule has 0 fully saturated rings. The van der Waals surface area contributed by atoms with Crippen LogP contribution in [0.25, 0.3) is 0 Å². The molecule has 65 heavy (non-hydrogen) atoms. The molecule has 0 heterocycles. The predicted molar refractivity (Wildman–Crippen MR) is 283 cm³/mol. The Balaban J connectivity index is 3.55. The van der Waals surface area contributed by atoms with Gasteiger partial charge in [0.15, 0.2) is 6.10 Å². The molecular weight excluding hydrogens is 801 g/mol. The van der Waals surface area contributed by atoms with Crippen LogP contribution in [-0.4, -0.2) is 36.4 Å². The van der Waals surface area contributed by atoms with Crippen molar-refractivity contribution in [3.63, 3.8) is 0 Å². The van der Waals surface area contributed by atoms with Gasteiger partial charge >= 0.3 is 11.9 Å². The fraction of sp³-hybridized carbons (Fsp3) is 0.733. The molecule has 0 saturated heterocycles. The topological polar surface area (TPSA) is 72.8 Å². The number of esters is 2. The molecule has 0 saturated carbocycles. The Kier molecular flexibility index (Phi) is 52.9. The van der Waals surface area contributed by atoms with Crippen molar-refractivity contribution >= 4 is 11.9 Å². The molecule has 0 spiro atoms. The second kappa shape index (κ2) is 55.4. The third-order valence-electron chi connectivity index (χ3n) is 12.0. The molecule has 0 bridgehead atoms. The van der Waals surface area contributed by atoms with Crippen LogP contribution in [0.4, 0.5) is 0 Å². The normalized spacial score (nSPS) is 12.8. The Morgan fingerprint density at radius 1 is 0.369 bits per heavy atom.